The summed E-state index contributed by atoms with van der Waals surface area (Å²) in [7, 11) is -3.69. The minimum atomic E-state index is -3.69. The standard InChI is InChI=1S/C18H21N3O4S/c1-2-17(13-6-8-19-9-7-13)20-18(23)14-4-3-5-16(10-14)26(24,25)21-11-15(22)12-21/h3-10,15,17,22H,2,11-12H2,1H3,(H,20,23). The lowest BCUT2D eigenvalue weighted by molar-refractivity contribution is 0.0547. The van der Waals surface area contributed by atoms with Gasteiger partial charge in [-0.3, -0.25) is 9.78 Å². The number of hydrogen-bond acceptors (Lipinski definition) is 5. The zero-order valence-electron chi connectivity index (χ0n) is 14.4. The van der Waals surface area contributed by atoms with Crippen molar-refractivity contribution in [2.75, 3.05) is 13.1 Å². The molecule has 1 saturated heterocycles. The predicted octanol–water partition coefficient (Wildman–Crippen LogP) is 1.33. The molecule has 1 unspecified atom stereocenters. The Kier molecular flexibility index (Phi) is 5.36. The molecule has 1 fully saturated rings. The maximum atomic E-state index is 12.6. The van der Waals surface area contributed by atoms with Crippen molar-refractivity contribution < 1.29 is 18.3 Å². The van der Waals surface area contributed by atoms with Gasteiger partial charge in [0.05, 0.1) is 17.0 Å². The van der Waals surface area contributed by atoms with Crippen molar-refractivity contribution in [1.82, 2.24) is 14.6 Å². The van der Waals surface area contributed by atoms with Gasteiger partial charge >= 0.3 is 0 Å². The molecule has 0 saturated carbocycles. The molecule has 8 heteroatoms. The largest absolute Gasteiger partial charge is 0.390 e. The van der Waals surface area contributed by atoms with E-state index >= 15 is 0 Å². The molecule has 0 aliphatic carbocycles. The maximum Gasteiger partial charge on any atom is 0.251 e. The van der Waals surface area contributed by atoms with Crippen LogP contribution in [0.3, 0.4) is 0 Å². The van der Waals surface area contributed by atoms with E-state index in [1.165, 1.54) is 16.4 Å². The number of pyridine rings is 1. The van der Waals surface area contributed by atoms with Crippen LogP contribution in [0.15, 0.2) is 53.7 Å². The van der Waals surface area contributed by atoms with Crippen LogP contribution in [0.4, 0.5) is 0 Å². The molecule has 2 aromatic rings. The highest BCUT2D eigenvalue weighted by Crippen LogP contribution is 2.23. The van der Waals surface area contributed by atoms with Gasteiger partial charge in [-0.15, -0.1) is 0 Å². The first-order valence-electron chi connectivity index (χ1n) is 8.41. The van der Waals surface area contributed by atoms with Gasteiger partial charge in [0.15, 0.2) is 0 Å². The fourth-order valence-corrected chi connectivity index (χ4v) is 4.38. The number of aliphatic hydroxyl groups is 1. The molecule has 1 aliphatic heterocycles. The Balaban J connectivity index is 1.78. The average Bonchev–Trinajstić information content (AvgIpc) is 2.64. The number of β-amino-alcohol motifs (C(OH)–C–C–N with tert-alkyl or cyclic N) is 1. The Morgan fingerprint density at radius 2 is 2.00 bits per heavy atom. The third-order valence-corrected chi connectivity index (χ3v) is 6.21. The first-order valence-corrected chi connectivity index (χ1v) is 9.85. The molecule has 1 aromatic heterocycles. The van der Waals surface area contributed by atoms with Gasteiger partial charge in [-0.25, -0.2) is 8.42 Å². The van der Waals surface area contributed by atoms with E-state index < -0.39 is 16.1 Å². The first-order chi connectivity index (χ1) is 12.4. The van der Waals surface area contributed by atoms with E-state index in [2.05, 4.69) is 10.3 Å². The van der Waals surface area contributed by atoms with Crippen molar-refractivity contribution >= 4 is 15.9 Å². The number of carbonyl (C=O) groups is 1. The number of amides is 1. The van der Waals surface area contributed by atoms with Crippen LogP contribution in [-0.4, -0.2) is 47.9 Å². The van der Waals surface area contributed by atoms with Crippen LogP contribution >= 0.6 is 0 Å². The minimum Gasteiger partial charge on any atom is -0.390 e. The lowest BCUT2D eigenvalue weighted by Crippen LogP contribution is -2.53. The molecule has 0 radical (unpaired) electrons. The lowest BCUT2D eigenvalue weighted by atomic mass is 10.1. The summed E-state index contributed by atoms with van der Waals surface area (Å²) in [6.07, 6.45) is 3.40. The Bertz CT molecular complexity index is 880. The number of hydrogen-bond donors (Lipinski definition) is 2. The smallest absolute Gasteiger partial charge is 0.251 e. The fourth-order valence-electron chi connectivity index (χ4n) is 2.82. The molecule has 26 heavy (non-hydrogen) atoms. The Morgan fingerprint density at radius 3 is 2.62 bits per heavy atom. The van der Waals surface area contributed by atoms with E-state index in [1.807, 2.05) is 19.1 Å². The molecule has 3 rings (SSSR count). The summed E-state index contributed by atoms with van der Waals surface area (Å²) in [5, 5.41) is 12.3. The van der Waals surface area contributed by atoms with Crippen LogP contribution in [0.25, 0.3) is 0 Å². The number of rotatable bonds is 6. The number of nitrogens with one attached hydrogen (secondary N) is 1. The van der Waals surface area contributed by atoms with Crippen molar-refractivity contribution in [3.8, 4) is 0 Å². The Hall–Kier alpha value is -2.29. The van der Waals surface area contributed by atoms with E-state index in [9.17, 15) is 18.3 Å². The summed E-state index contributed by atoms with van der Waals surface area (Å²) in [4.78, 5) is 16.6. The number of sulfonamides is 1. The molecule has 0 spiro atoms. The molecule has 2 heterocycles. The van der Waals surface area contributed by atoms with Gasteiger partial charge < -0.3 is 10.4 Å². The van der Waals surface area contributed by atoms with Gasteiger partial charge in [0.1, 0.15) is 0 Å². The summed E-state index contributed by atoms with van der Waals surface area (Å²) in [6, 6.07) is 9.45. The van der Waals surface area contributed by atoms with Crippen molar-refractivity contribution in [3.05, 3.63) is 59.9 Å². The quantitative estimate of drug-likeness (QED) is 0.793. The molecule has 1 amide bonds. The topological polar surface area (TPSA) is 99.6 Å². The predicted molar refractivity (Wildman–Crippen MR) is 95.9 cm³/mol. The van der Waals surface area contributed by atoms with Crippen LogP contribution in [0.1, 0.15) is 35.3 Å². The normalized spacial score (nSPS) is 16.7. The number of benzene rings is 1. The van der Waals surface area contributed by atoms with Gasteiger partial charge in [-0.2, -0.15) is 4.31 Å². The fraction of sp³-hybridized carbons (Fsp3) is 0.333. The van der Waals surface area contributed by atoms with Gasteiger partial charge in [0.2, 0.25) is 10.0 Å². The minimum absolute atomic E-state index is 0.0500. The zero-order chi connectivity index (χ0) is 18.7. The monoisotopic (exact) mass is 375 g/mol. The second kappa shape index (κ2) is 7.53. The van der Waals surface area contributed by atoms with Crippen LogP contribution in [0.2, 0.25) is 0 Å². The van der Waals surface area contributed by atoms with Gasteiger partial charge in [-0.05, 0) is 42.3 Å². The van der Waals surface area contributed by atoms with Crippen LogP contribution in [0.5, 0.6) is 0 Å². The summed E-state index contributed by atoms with van der Waals surface area (Å²) >= 11 is 0. The summed E-state index contributed by atoms with van der Waals surface area (Å²) in [5.74, 6) is -0.339. The SMILES string of the molecule is CCC(NC(=O)c1cccc(S(=O)(=O)N2CC(O)C2)c1)c1ccncc1. The number of aromatic nitrogens is 1. The van der Waals surface area contributed by atoms with Crippen LogP contribution < -0.4 is 5.32 Å². The van der Waals surface area contributed by atoms with E-state index in [-0.39, 0.29) is 35.5 Å². The first kappa shape index (κ1) is 18.5. The maximum absolute atomic E-state index is 12.6. The molecule has 0 bridgehead atoms. The molecule has 1 aromatic carbocycles. The molecule has 2 N–H and O–H groups in total. The number of aliphatic hydroxyl groups excluding tert-OH is 1. The Morgan fingerprint density at radius 1 is 1.31 bits per heavy atom. The van der Waals surface area contributed by atoms with Crippen LogP contribution in [-0.2, 0) is 10.0 Å². The number of nitrogens with zero attached hydrogens (tertiary/aromatic N) is 2. The molecule has 138 valence electrons. The molecule has 7 nitrogen and oxygen atoms in total. The van der Waals surface area contributed by atoms with E-state index in [4.69, 9.17) is 0 Å². The van der Waals surface area contributed by atoms with E-state index in [1.54, 1.807) is 24.5 Å². The summed E-state index contributed by atoms with van der Waals surface area (Å²) in [5.41, 5.74) is 1.22. The van der Waals surface area contributed by atoms with Crippen LogP contribution in [0, 0.1) is 0 Å². The highest BCUT2D eigenvalue weighted by molar-refractivity contribution is 7.89. The van der Waals surface area contributed by atoms with Crippen molar-refractivity contribution in [2.24, 2.45) is 0 Å². The van der Waals surface area contributed by atoms with E-state index in [0.717, 1.165) is 5.56 Å². The zero-order valence-corrected chi connectivity index (χ0v) is 15.2. The van der Waals surface area contributed by atoms with Crippen molar-refractivity contribution in [1.29, 1.82) is 0 Å². The van der Waals surface area contributed by atoms with Gasteiger partial charge in [0.25, 0.3) is 5.91 Å². The molecular formula is C18H21N3O4S. The highest BCUT2D eigenvalue weighted by Gasteiger charge is 2.35. The van der Waals surface area contributed by atoms with Crippen molar-refractivity contribution in [3.63, 3.8) is 0 Å². The third kappa shape index (κ3) is 3.77. The summed E-state index contributed by atoms with van der Waals surface area (Å²) < 4.78 is 26.2. The lowest BCUT2D eigenvalue weighted by Gasteiger charge is -2.34. The van der Waals surface area contributed by atoms with Gasteiger partial charge in [0, 0.05) is 31.0 Å². The van der Waals surface area contributed by atoms with E-state index in [0.29, 0.717) is 6.42 Å². The molecule has 1 atom stereocenters. The Labute approximate surface area is 152 Å². The third-order valence-electron chi connectivity index (χ3n) is 4.38. The highest BCUT2D eigenvalue weighted by atomic mass is 32.2. The molecule has 1 aliphatic rings. The number of carbonyl (C=O) groups excluding carboxylic acids is 1. The second-order valence-corrected chi connectivity index (χ2v) is 8.16. The summed E-state index contributed by atoms with van der Waals surface area (Å²) in [6.45, 7) is 2.12. The average molecular weight is 375 g/mol. The van der Waals surface area contributed by atoms with Gasteiger partial charge in [-0.1, -0.05) is 13.0 Å². The van der Waals surface area contributed by atoms with Crippen molar-refractivity contribution in [2.45, 2.75) is 30.4 Å². The molecular weight excluding hydrogens is 354 g/mol. The second-order valence-electron chi connectivity index (χ2n) is 6.22.